The molecule has 0 saturated carbocycles. The quantitative estimate of drug-likeness (QED) is 0.694. The van der Waals surface area contributed by atoms with Gasteiger partial charge in [-0.25, -0.2) is 0 Å². The topological polar surface area (TPSA) is 73.7 Å². The molecule has 0 unspecified atom stereocenters. The molecule has 0 aliphatic carbocycles. The second-order valence-electron chi connectivity index (χ2n) is 6.31. The molecular weight excluding hydrogens is 216 g/mol. The summed E-state index contributed by atoms with van der Waals surface area (Å²) in [5, 5.41) is 0. The van der Waals surface area contributed by atoms with Gasteiger partial charge in [0.25, 0.3) is 0 Å². The van der Waals surface area contributed by atoms with Crippen LogP contribution in [-0.2, 0) is 9.47 Å². The van der Waals surface area contributed by atoms with Gasteiger partial charge >= 0.3 is 0 Å². The van der Waals surface area contributed by atoms with Crippen LogP contribution in [-0.4, -0.2) is 30.1 Å². The molecule has 0 atom stereocenters. The first kappa shape index (κ1) is 22.1. The van der Waals surface area contributed by atoms with Crippen LogP contribution in [0.15, 0.2) is 0 Å². The van der Waals surface area contributed by atoms with Crippen molar-refractivity contribution < 1.29 is 20.9 Å². The fraction of sp³-hybridized carbons (Fsp3) is 1.00. The van der Waals surface area contributed by atoms with Crippen molar-refractivity contribution in [1.29, 1.82) is 0 Å². The van der Waals surface area contributed by atoms with E-state index < -0.39 is 5.79 Å². The molecule has 4 heteroatoms. The van der Waals surface area contributed by atoms with Crippen LogP contribution >= 0.6 is 0 Å². The van der Waals surface area contributed by atoms with E-state index >= 15 is 0 Å². The molecule has 0 bridgehead atoms. The maximum atomic E-state index is 5.68. The van der Waals surface area contributed by atoms with E-state index in [-0.39, 0.29) is 25.9 Å². The third kappa shape index (κ3) is 15.8. The predicted octanol–water partition coefficient (Wildman–Crippen LogP) is 1.07. The van der Waals surface area contributed by atoms with E-state index in [9.17, 15) is 0 Å². The molecular formula is C13H36N2O2+2. The van der Waals surface area contributed by atoms with Crippen LogP contribution in [0.2, 0.25) is 0 Å². The minimum Gasteiger partial charge on any atom is -0.351 e. The average molecular weight is 252 g/mol. The van der Waals surface area contributed by atoms with E-state index in [1.807, 2.05) is 41.5 Å². The molecule has 0 aromatic rings. The lowest BCUT2D eigenvalue weighted by atomic mass is 10.1. The monoisotopic (exact) mass is 252 g/mol. The van der Waals surface area contributed by atoms with Crippen molar-refractivity contribution in [3.05, 3.63) is 0 Å². The lowest BCUT2D eigenvalue weighted by Crippen LogP contribution is -2.72. The Bertz CT molecular complexity index is 171. The van der Waals surface area contributed by atoms with Crippen LogP contribution in [0, 0.1) is 0 Å². The van der Waals surface area contributed by atoms with Gasteiger partial charge in [0.15, 0.2) is 5.79 Å². The second kappa shape index (κ2) is 7.31. The summed E-state index contributed by atoms with van der Waals surface area (Å²) < 4.78 is 11.4. The second-order valence-corrected chi connectivity index (χ2v) is 6.31. The molecule has 17 heavy (non-hydrogen) atoms. The number of ether oxygens (including phenoxy) is 2. The zero-order valence-electron chi connectivity index (χ0n) is 11.1. The number of hydrogen-bond acceptors (Lipinski definition) is 2. The summed E-state index contributed by atoms with van der Waals surface area (Å²) in [5.74, 6) is -0.566. The van der Waals surface area contributed by atoms with Gasteiger partial charge in [0, 0.05) is 0 Å². The molecule has 0 aromatic carbocycles. The SMILES string of the molecule is C.C.CC(C)([NH3+])COC(C)(C)OCC(C)(C)[NH3+]. The predicted molar refractivity (Wildman–Crippen MR) is 73.4 cm³/mol. The van der Waals surface area contributed by atoms with Gasteiger partial charge in [0.2, 0.25) is 0 Å². The van der Waals surface area contributed by atoms with Gasteiger partial charge in [-0.3, -0.25) is 0 Å². The highest BCUT2D eigenvalue weighted by Gasteiger charge is 2.27. The standard InChI is InChI=1S/C11H26N2O2.2CH4/c1-9(2,12)7-14-11(5,6)15-8-10(3,4)13;;/h7-8,12-13H2,1-6H3;2*1H4/p+2. The van der Waals surface area contributed by atoms with Crippen LogP contribution in [0.3, 0.4) is 0 Å². The molecule has 0 saturated heterocycles. The Morgan fingerprint density at radius 3 is 1.12 bits per heavy atom. The number of hydrogen-bond donors (Lipinski definition) is 2. The Balaban J connectivity index is -0.000000980. The molecule has 0 radical (unpaired) electrons. The van der Waals surface area contributed by atoms with E-state index in [0.29, 0.717) is 13.2 Å². The van der Waals surface area contributed by atoms with Crippen molar-refractivity contribution in [2.24, 2.45) is 0 Å². The zero-order valence-corrected chi connectivity index (χ0v) is 11.1. The molecule has 0 aromatic heterocycles. The van der Waals surface area contributed by atoms with Gasteiger partial charge in [0.05, 0.1) is 0 Å². The van der Waals surface area contributed by atoms with Crippen LogP contribution in [0.4, 0.5) is 0 Å². The fourth-order valence-electron chi connectivity index (χ4n) is 0.780. The summed E-state index contributed by atoms with van der Waals surface area (Å²) in [6.07, 6.45) is 0. The highest BCUT2D eigenvalue weighted by molar-refractivity contribution is 4.67. The molecule has 0 spiro atoms. The molecule has 0 fully saturated rings. The molecule has 6 N–H and O–H groups in total. The largest absolute Gasteiger partial charge is 0.351 e. The summed E-state index contributed by atoms with van der Waals surface area (Å²) in [6.45, 7) is 13.1. The van der Waals surface area contributed by atoms with Gasteiger partial charge in [0.1, 0.15) is 24.3 Å². The van der Waals surface area contributed by atoms with Crippen molar-refractivity contribution in [2.45, 2.75) is 73.3 Å². The zero-order chi connectivity index (χ0) is 12.3. The molecule has 0 heterocycles. The minimum absolute atomic E-state index is 0. The third-order valence-corrected chi connectivity index (χ3v) is 1.62. The highest BCUT2D eigenvalue weighted by Crippen LogP contribution is 2.14. The van der Waals surface area contributed by atoms with Gasteiger partial charge in [-0.05, 0) is 41.5 Å². The van der Waals surface area contributed by atoms with Crippen LogP contribution in [0.25, 0.3) is 0 Å². The lowest BCUT2D eigenvalue weighted by molar-refractivity contribution is -0.488. The molecule has 0 aliphatic heterocycles. The summed E-state index contributed by atoms with van der Waals surface area (Å²) >= 11 is 0. The Morgan fingerprint density at radius 1 is 0.706 bits per heavy atom. The van der Waals surface area contributed by atoms with Crippen LogP contribution in [0.1, 0.15) is 56.4 Å². The molecule has 4 nitrogen and oxygen atoms in total. The smallest absolute Gasteiger partial charge is 0.163 e. The van der Waals surface area contributed by atoms with E-state index in [1.54, 1.807) is 0 Å². The van der Waals surface area contributed by atoms with Gasteiger partial charge in [-0.1, -0.05) is 14.9 Å². The van der Waals surface area contributed by atoms with Crippen LogP contribution in [0.5, 0.6) is 0 Å². The van der Waals surface area contributed by atoms with E-state index in [1.165, 1.54) is 0 Å². The summed E-state index contributed by atoms with van der Waals surface area (Å²) in [6, 6.07) is 0. The summed E-state index contributed by atoms with van der Waals surface area (Å²) in [5.41, 5.74) is 7.81. The van der Waals surface area contributed by atoms with Gasteiger partial charge in [-0.2, -0.15) is 0 Å². The average Bonchev–Trinajstić information content (AvgIpc) is 1.96. The van der Waals surface area contributed by atoms with Crippen molar-refractivity contribution in [3.63, 3.8) is 0 Å². The highest BCUT2D eigenvalue weighted by atomic mass is 16.7. The minimum atomic E-state index is -0.566. The van der Waals surface area contributed by atoms with Crippen molar-refractivity contribution >= 4 is 0 Å². The Morgan fingerprint density at radius 2 is 0.941 bits per heavy atom. The summed E-state index contributed by atoms with van der Waals surface area (Å²) in [7, 11) is 0. The Hall–Kier alpha value is -0.160. The van der Waals surface area contributed by atoms with E-state index in [0.717, 1.165) is 0 Å². The Labute approximate surface area is 108 Å². The first-order chi connectivity index (χ1) is 6.41. The number of rotatable bonds is 6. The maximum Gasteiger partial charge on any atom is 0.163 e. The first-order valence-corrected chi connectivity index (χ1v) is 5.40. The van der Waals surface area contributed by atoms with Gasteiger partial charge in [-0.15, -0.1) is 0 Å². The molecule has 0 amide bonds. The lowest BCUT2D eigenvalue weighted by Gasteiger charge is -2.30. The first-order valence-electron chi connectivity index (χ1n) is 5.40. The normalized spacial score (nSPS) is 12.7. The third-order valence-electron chi connectivity index (χ3n) is 1.62. The van der Waals surface area contributed by atoms with E-state index in [2.05, 4.69) is 11.5 Å². The molecule has 108 valence electrons. The molecule has 0 aliphatic rings. The van der Waals surface area contributed by atoms with Gasteiger partial charge < -0.3 is 20.9 Å². The van der Waals surface area contributed by atoms with Crippen molar-refractivity contribution in [1.82, 2.24) is 0 Å². The van der Waals surface area contributed by atoms with Crippen LogP contribution < -0.4 is 11.5 Å². The number of quaternary nitrogens is 2. The Kier molecular flexibility index (Phi) is 9.49. The maximum absolute atomic E-state index is 5.68. The van der Waals surface area contributed by atoms with Crippen molar-refractivity contribution in [3.8, 4) is 0 Å². The van der Waals surface area contributed by atoms with E-state index in [4.69, 9.17) is 9.47 Å². The van der Waals surface area contributed by atoms with Crippen molar-refractivity contribution in [2.75, 3.05) is 13.2 Å². The molecule has 0 rings (SSSR count). The summed E-state index contributed by atoms with van der Waals surface area (Å²) in [4.78, 5) is 0. The fourth-order valence-corrected chi connectivity index (χ4v) is 0.780.